The number of nitrogen functional groups attached to an aromatic ring is 1. The molecule has 2 aromatic heterocycles. The number of nitrogens with one attached hydrogen (secondary N) is 2. The number of anilines is 2. The molecule has 0 saturated heterocycles. The van der Waals surface area contributed by atoms with E-state index in [4.69, 9.17) is 5.73 Å². The Labute approximate surface area is 125 Å². The number of aromatic nitrogens is 3. The van der Waals surface area contributed by atoms with Gasteiger partial charge in [0.1, 0.15) is 4.88 Å². The van der Waals surface area contributed by atoms with Gasteiger partial charge in [-0.1, -0.05) is 23.5 Å². The Bertz CT molecular complexity index is 761. The van der Waals surface area contributed by atoms with Crippen LogP contribution < -0.4 is 11.1 Å². The van der Waals surface area contributed by atoms with Gasteiger partial charge in [0.25, 0.3) is 5.91 Å². The van der Waals surface area contributed by atoms with Crippen molar-refractivity contribution in [1.82, 2.24) is 15.2 Å². The topological polar surface area (TPSA) is 96.7 Å². The summed E-state index contributed by atoms with van der Waals surface area (Å²) in [5.41, 5.74) is 8.90. The van der Waals surface area contributed by atoms with Crippen LogP contribution in [0.15, 0.2) is 36.5 Å². The van der Waals surface area contributed by atoms with E-state index in [-0.39, 0.29) is 5.91 Å². The molecular formula is C14H13N5OS. The van der Waals surface area contributed by atoms with Crippen LogP contribution in [0.4, 0.5) is 10.8 Å². The molecule has 0 unspecified atom stereocenters. The number of nitrogens with zero attached hydrogens (tertiary/aromatic N) is 2. The second-order valence-electron chi connectivity index (χ2n) is 4.47. The zero-order valence-corrected chi connectivity index (χ0v) is 12.1. The summed E-state index contributed by atoms with van der Waals surface area (Å²) in [6.45, 7) is 1.77. The molecule has 3 aromatic rings. The Balaban J connectivity index is 1.76. The monoisotopic (exact) mass is 299 g/mol. The summed E-state index contributed by atoms with van der Waals surface area (Å²) >= 11 is 1.18. The number of benzene rings is 1. The average Bonchev–Trinajstić information content (AvgIpc) is 3.09. The van der Waals surface area contributed by atoms with Crippen LogP contribution >= 0.6 is 11.3 Å². The van der Waals surface area contributed by atoms with Gasteiger partial charge in [0.15, 0.2) is 5.13 Å². The summed E-state index contributed by atoms with van der Waals surface area (Å²) in [5.74, 6) is -0.198. The summed E-state index contributed by atoms with van der Waals surface area (Å²) in [7, 11) is 0. The first-order valence-electron chi connectivity index (χ1n) is 6.27. The van der Waals surface area contributed by atoms with Crippen molar-refractivity contribution in [2.24, 2.45) is 0 Å². The number of carbonyl (C=O) groups is 1. The van der Waals surface area contributed by atoms with Crippen molar-refractivity contribution in [2.75, 3.05) is 11.1 Å². The van der Waals surface area contributed by atoms with Gasteiger partial charge in [0.05, 0.1) is 11.4 Å². The second kappa shape index (κ2) is 5.37. The van der Waals surface area contributed by atoms with Gasteiger partial charge in [-0.05, 0) is 30.7 Å². The molecule has 1 amide bonds. The third kappa shape index (κ3) is 2.77. The standard InChI is InChI=1S/C14H13N5OS/c1-8-12(21-14(15)17-8)13(20)18-10-4-2-9(3-5-10)11-6-7-16-19-11/h2-7H,1H3,(H2,15,17)(H,16,19)(H,18,20). The van der Waals surface area contributed by atoms with E-state index in [1.54, 1.807) is 13.1 Å². The minimum Gasteiger partial charge on any atom is -0.375 e. The molecule has 106 valence electrons. The van der Waals surface area contributed by atoms with Crippen LogP contribution in [0.3, 0.4) is 0 Å². The molecule has 0 fully saturated rings. The minimum atomic E-state index is -0.198. The summed E-state index contributed by atoms with van der Waals surface area (Å²) in [4.78, 5) is 16.7. The summed E-state index contributed by atoms with van der Waals surface area (Å²) in [6, 6.07) is 9.40. The lowest BCUT2D eigenvalue weighted by Gasteiger charge is -2.05. The fourth-order valence-electron chi connectivity index (χ4n) is 1.97. The average molecular weight is 299 g/mol. The number of hydrogen-bond donors (Lipinski definition) is 3. The molecule has 0 atom stereocenters. The first kappa shape index (κ1) is 13.3. The zero-order chi connectivity index (χ0) is 14.8. The Morgan fingerprint density at radius 2 is 2.05 bits per heavy atom. The van der Waals surface area contributed by atoms with Crippen LogP contribution in [-0.4, -0.2) is 21.1 Å². The highest BCUT2D eigenvalue weighted by Crippen LogP contribution is 2.22. The Morgan fingerprint density at radius 3 is 2.62 bits per heavy atom. The van der Waals surface area contributed by atoms with Gasteiger partial charge in [0.2, 0.25) is 0 Å². The molecule has 0 aliphatic carbocycles. The second-order valence-corrected chi connectivity index (χ2v) is 5.50. The maximum atomic E-state index is 12.1. The van der Waals surface area contributed by atoms with E-state index in [0.29, 0.717) is 15.7 Å². The third-order valence-electron chi connectivity index (χ3n) is 2.97. The lowest BCUT2D eigenvalue weighted by molar-refractivity contribution is 0.103. The van der Waals surface area contributed by atoms with Gasteiger partial charge < -0.3 is 11.1 Å². The molecule has 0 spiro atoms. The van der Waals surface area contributed by atoms with Gasteiger partial charge in [-0.3, -0.25) is 9.89 Å². The lowest BCUT2D eigenvalue weighted by Crippen LogP contribution is -2.11. The van der Waals surface area contributed by atoms with Crippen molar-refractivity contribution in [3.63, 3.8) is 0 Å². The molecule has 0 saturated carbocycles. The molecule has 0 aliphatic rings. The summed E-state index contributed by atoms with van der Waals surface area (Å²) in [5, 5.41) is 10.0. The van der Waals surface area contributed by atoms with E-state index in [0.717, 1.165) is 16.9 Å². The number of rotatable bonds is 3. The molecule has 0 aliphatic heterocycles. The smallest absolute Gasteiger partial charge is 0.267 e. The van der Waals surface area contributed by atoms with E-state index in [1.165, 1.54) is 11.3 Å². The highest BCUT2D eigenvalue weighted by molar-refractivity contribution is 7.17. The molecule has 6 nitrogen and oxygen atoms in total. The normalized spacial score (nSPS) is 10.5. The quantitative estimate of drug-likeness (QED) is 0.692. The molecular weight excluding hydrogens is 286 g/mol. The number of nitrogens with two attached hydrogens (primary N) is 1. The molecule has 3 rings (SSSR count). The van der Waals surface area contributed by atoms with E-state index < -0.39 is 0 Å². The fourth-order valence-corrected chi connectivity index (χ4v) is 2.69. The van der Waals surface area contributed by atoms with E-state index in [2.05, 4.69) is 20.5 Å². The number of aryl methyl sites for hydroxylation is 1. The number of carbonyl (C=O) groups excluding carboxylic acids is 1. The van der Waals surface area contributed by atoms with Crippen LogP contribution in [0.5, 0.6) is 0 Å². The van der Waals surface area contributed by atoms with Gasteiger partial charge in [-0.25, -0.2) is 4.98 Å². The Morgan fingerprint density at radius 1 is 1.29 bits per heavy atom. The summed E-state index contributed by atoms with van der Waals surface area (Å²) < 4.78 is 0. The van der Waals surface area contributed by atoms with Crippen LogP contribution in [0.25, 0.3) is 11.3 Å². The van der Waals surface area contributed by atoms with Crippen molar-refractivity contribution in [2.45, 2.75) is 6.92 Å². The first-order chi connectivity index (χ1) is 10.1. The van der Waals surface area contributed by atoms with Crippen molar-refractivity contribution in [1.29, 1.82) is 0 Å². The van der Waals surface area contributed by atoms with Crippen molar-refractivity contribution in [3.8, 4) is 11.3 Å². The fraction of sp³-hybridized carbons (Fsp3) is 0.0714. The van der Waals surface area contributed by atoms with Crippen LogP contribution in [0.2, 0.25) is 0 Å². The number of thiazole rings is 1. The molecule has 2 heterocycles. The van der Waals surface area contributed by atoms with Gasteiger partial charge in [-0.2, -0.15) is 5.10 Å². The zero-order valence-electron chi connectivity index (χ0n) is 11.3. The van der Waals surface area contributed by atoms with Crippen LogP contribution in [-0.2, 0) is 0 Å². The SMILES string of the molecule is Cc1nc(N)sc1C(=O)Nc1ccc(-c2ccn[nH]2)cc1. The van der Waals surface area contributed by atoms with E-state index >= 15 is 0 Å². The van der Waals surface area contributed by atoms with Crippen LogP contribution in [0, 0.1) is 6.92 Å². The maximum absolute atomic E-state index is 12.1. The van der Waals surface area contributed by atoms with Gasteiger partial charge >= 0.3 is 0 Å². The number of aromatic amines is 1. The minimum absolute atomic E-state index is 0.198. The highest BCUT2D eigenvalue weighted by Gasteiger charge is 2.14. The van der Waals surface area contributed by atoms with Gasteiger partial charge in [0, 0.05) is 11.9 Å². The van der Waals surface area contributed by atoms with Crippen molar-refractivity contribution in [3.05, 3.63) is 47.1 Å². The predicted octanol–water partition coefficient (Wildman–Crippen LogP) is 2.68. The highest BCUT2D eigenvalue weighted by atomic mass is 32.1. The Hall–Kier alpha value is -2.67. The third-order valence-corrected chi connectivity index (χ3v) is 3.96. The predicted molar refractivity (Wildman–Crippen MR) is 83.2 cm³/mol. The van der Waals surface area contributed by atoms with Crippen molar-refractivity contribution < 1.29 is 4.79 Å². The lowest BCUT2D eigenvalue weighted by atomic mass is 10.1. The number of amides is 1. The van der Waals surface area contributed by atoms with E-state index in [9.17, 15) is 4.79 Å². The number of H-pyrrole nitrogens is 1. The largest absolute Gasteiger partial charge is 0.375 e. The number of hydrogen-bond acceptors (Lipinski definition) is 5. The molecule has 7 heteroatoms. The molecule has 0 radical (unpaired) electrons. The van der Waals surface area contributed by atoms with Gasteiger partial charge in [-0.15, -0.1) is 0 Å². The van der Waals surface area contributed by atoms with E-state index in [1.807, 2.05) is 30.3 Å². The molecule has 21 heavy (non-hydrogen) atoms. The van der Waals surface area contributed by atoms with Crippen molar-refractivity contribution >= 4 is 28.1 Å². The first-order valence-corrected chi connectivity index (χ1v) is 7.09. The Kier molecular flexibility index (Phi) is 3.41. The molecule has 1 aromatic carbocycles. The molecule has 4 N–H and O–H groups in total. The molecule has 0 bridgehead atoms. The summed E-state index contributed by atoms with van der Waals surface area (Å²) in [6.07, 6.45) is 1.70. The maximum Gasteiger partial charge on any atom is 0.267 e. The van der Waals surface area contributed by atoms with Crippen LogP contribution in [0.1, 0.15) is 15.4 Å².